The summed E-state index contributed by atoms with van der Waals surface area (Å²) in [6, 6.07) is 6.17. The summed E-state index contributed by atoms with van der Waals surface area (Å²) in [6.07, 6.45) is 0.923. The second-order valence-electron chi connectivity index (χ2n) is 4.37. The second-order valence-corrected chi connectivity index (χ2v) is 4.37. The second kappa shape index (κ2) is 4.65. The van der Waals surface area contributed by atoms with Gasteiger partial charge in [-0.2, -0.15) is 0 Å². The number of fused-ring (bicyclic) bond motifs is 1. The van der Waals surface area contributed by atoms with Crippen LogP contribution in [0.25, 0.3) is 0 Å². The molecule has 0 aliphatic carbocycles. The zero-order valence-electron chi connectivity index (χ0n) is 10.2. The molecule has 3 nitrogen and oxygen atoms in total. The molecule has 0 unspecified atom stereocenters. The lowest BCUT2D eigenvalue weighted by molar-refractivity contribution is 0.0833. The van der Waals surface area contributed by atoms with Gasteiger partial charge in [0.05, 0.1) is 0 Å². The molecule has 1 atom stereocenters. The number of hydrogen-bond acceptors (Lipinski definition) is 3. The first-order valence-corrected chi connectivity index (χ1v) is 5.82. The number of hydrogen-bond donors (Lipinski definition) is 1. The molecule has 0 spiro atoms. The van der Waals surface area contributed by atoms with Crippen molar-refractivity contribution in [3.8, 4) is 11.5 Å². The van der Waals surface area contributed by atoms with Gasteiger partial charge in [-0.05, 0) is 37.6 Å². The molecule has 1 N–H and O–H groups in total. The smallest absolute Gasteiger partial charge is 0.175 e. The molecular weight excluding hydrogens is 212 g/mol. The van der Waals surface area contributed by atoms with E-state index in [2.05, 4.69) is 19.2 Å². The highest BCUT2D eigenvalue weighted by atomic mass is 16.7. The summed E-state index contributed by atoms with van der Waals surface area (Å²) >= 11 is 0. The molecule has 0 amide bonds. The number of benzene rings is 1. The van der Waals surface area contributed by atoms with Gasteiger partial charge in [0.25, 0.3) is 0 Å². The van der Waals surface area contributed by atoms with E-state index in [1.54, 1.807) is 0 Å². The Kier molecular flexibility index (Phi) is 3.38. The van der Waals surface area contributed by atoms with Gasteiger partial charge >= 0.3 is 0 Å². The first-order chi connectivity index (χ1) is 8.00. The maximum atomic E-state index is 5.55. The molecule has 0 bridgehead atoms. The van der Waals surface area contributed by atoms with Gasteiger partial charge in [0.15, 0.2) is 32.8 Å². The van der Waals surface area contributed by atoms with Gasteiger partial charge in [-0.15, -0.1) is 0 Å². The van der Waals surface area contributed by atoms with Crippen molar-refractivity contribution in [3.05, 3.63) is 23.8 Å². The normalized spacial score (nSPS) is 18.0. The van der Waals surface area contributed by atoms with E-state index in [9.17, 15) is 0 Å². The van der Waals surface area contributed by atoms with Crippen LogP contribution in [0.2, 0.25) is 0 Å². The van der Waals surface area contributed by atoms with Crippen LogP contribution in [0, 0.1) is 0 Å². The zero-order chi connectivity index (χ0) is 12.5. The summed E-state index contributed by atoms with van der Waals surface area (Å²) in [6.45, 7) is 5.19. The summed E-state index contributed by atoms with van der Waals surface area (Å²) in [4.78, 5) is 0. The van der Waals surface area contributed by atoms with E-state index < -0.39 is 5.59 Å². The van der Waals surface area contributed by atoms with Gasteiger partial charge in [0, 0.05) is 6.04 Å². The highest BCUT2D eigenvalue weighted by Crippen LogP contribution is 2.37. The highest BCUT2D eigenvalue weighted by Gasteiger charge is 2.30. The third-order valence-corrected chi connectivity index (χ3v) is 2.64. The summed E-state index contributed by atoms with van der Waals surface area (Å²) in [7, 11) is 11.1. The Hall–Kier alpha value is -1.09. The third kappa shape index (κ3) is 2.97. The van der Waals surface area contributed by atoms with Crippen molar-refractivity contribution in [2.75, 3.05) is 6.54 Å². The van der Waals surface area contributed by atoms with Gasteiger partial charge in [-0.3, -0.25) is 0 Å². The molecule has 86 valence electrons. The average molecular weight is 227 g/mol. The largest absolute Gasteiger partial charge is 0.468 e. The van der Waals surface area contributed by atoms with Crippen molar-refractivity contribution < 1.29 is 9.47 Å². The Morgan fingerprint density at radius 1 is 1.29 bits per heavy atom. The molecule has 4 radical (unpaired) electrons. The summed E-state index contributed by atoms with van der Waals surface area (Å²) in [5, 5.41) is 3.36. The molecule has 2 rings (SSSR count). The van der Waals surface area contributed by atoms with Gasteiger partial charge in [0.1, 0.15) is 0 Å². The Labute approximate surface area is 105 Å². The van der Waals surface area contributed by atoms with Crippen molar-refractivity contribution in [1.82, 2.24) is 5.32 Å². The highest BCUT2D eigenvalue weighted by molar-refractivity contribution is 6.38. The van der Waals surface area contributed by atoms with Crippen molar-refractivity contribution >= 4 is 15.7 Å². The van der Waals surface area contributed by atoms with Crippen LogP contribution in [0.3, 0.4) is 0 Å². The van der Waals surface area contributed by atoms with Gasteiger partial charge < -0.3 is 14.8 Å². The van der Waals surface area contributed by atoms with E-state index in [1.807, 2.05) is 18.2 Å². The summed E-state index contributed by atoms with van der Waals surface area (Å²) in [5.74, 6) is 1.20. The molecule has 17 heavy (non-hydrogen) atoms. The van der Waals surface area contributed by atoms with E-state index >= 15 is 0 Å². The van der Waals surface area contributed by atoms with Crippen molar-refractivity contribution in [2.45, 2.75) is 31.9 Å². The van der Waals surface area contributed by atoms with Crippen LogP contribution in [0.15, 0.2) is 18.2 Å². The van der Waals surface area contributed by atoms with E-state index in [0.717, 1.165) is 13.0 Å². The molecule has 1 aromatic rings. The fourth-order valence-electron chi connectivity index (χ4n) is 1.98. The summed E-state index contributed by atoms with van der Waals surface area (Å²) in [5.41, 5.74) is -0.368. The maximum Gasteiger partial charge on any atom is 0.175 e. The summed E-state index contributed by atoms with van der Waals surface area (Å²) < 4.78 is 10.5. The van der Waals surface area contributed by atoms with Crippen molar-refractivity contribution in [3.63, 3.8) is 0 Å². The van der Waals surface area contributed by atoms with Gasteiger partial charge in [0.2, 0.25) is 0 Å². The lowest BCUT2D eigenvalue weighted by Crippen LogP contribution is -2.39. The van der Waals surface area contributed by atoms with Crippen LogP contribution in [-0.2, 0) is 6.42 Å². The van der Waals surface area contributed by atoms with E-state index in [1.165, 1.54) is 5.56 Å². The number of rotatable bonds is 4. The molecule has 5 heteroatoms. The number of nitrogens with one attached hydrogen (secondary N) is 1. The lowest BCUT2D eigenvalue weighted by Gasteiger charge is -2.18. The van der Waals surface area contributed by atoms with Crippen molar-refractivity contribution in [2.24, 2.45) is 0 Å². The van der Waals surface area contributed by atoms with Crippen molar-refractivity contribution in [1.29, 1.82) is 0 Å². The quantitative estimate of drug-likeness (QED) is 0.776. The predicted molar refractivity (Wildman–Crippen MR) is 68.8 cm³/mol. The fourth-order valence-corrected chi connectivity index (χ4v) is 1.98. The minimum absolute atomic E-state index is 0.417. The Morgan fingerprint density at radius 3 is 2.71 bits per heavy atom. The van der Waals surface area contributed by atoms with Crippen LogP contribution in [0.1, 0.15) is 19.4 Å². The van der Waals surface area contributed by atoms with E-state index in [0.29, 0.717) is 17.5 Å². The van der Waals surface area contributed by atoms with Crippen LogP contribution in [0.4, 0.5) is 0 Å². The van der Waals surface area contributed by atoms with Crippen LogP contribution in [0.5, 0.6) is 11.5 Å². The Morgan fingerprint density at radius 2 is 2.00 bits per heavy atom. The van der Waals surface area contributed by atoms with E-state index in [-0.39, 0.29) is 0 Å². The van der Waals surface area contributed by atoms with Crippen LogP contribution < -0.4 is 14.8 Å². The molecule has 0 saturated carbocycles. The fraction of sp³-hybridized carbons (Fsp3) is 0.500. The number of likely N-dealkylation sites (N-methyl/N-ethyl adjacent to an activating group) is 1. The monoisotopic (exact) mass is 227 g/mol. The minimum Gasteiger partial charge on any atom is -0.468 e. The standard InChI is InChI=1S/C12H15B2NO2/c1-3-15-8(2)6-9-4-5-10-11(7-9)17-12(13,14)16-10/h4-5,7-8,15H,3,6H2,1-2H3/t8-/m1/s1. The Balaban J connectivity index is 2.08. The predicted octanol–water partition coefficient (Wildman–Crippen LogP) is 0.947. The van der Waals surface area contributed by atoms with Crippen LogP contribution >= 0.6 is 0 Å². The first kappa shape index (κ1) is 12.4. The van der Waals surface area contributed by atoms with Gasteiger partial charge in [-0.1, -0.05) is 13.0 Å². The molecule has 1 heterocycles. The topological polar surface area (TPSA) is 30.5 Å². The maximum absolute atomic E-state index is 5.55. The molecule has 0 aromatic heterocycles. The molecular formula is C12H15B2NO2. The van der Waals surface area contributed by atoms with E-state index in [4.69, 9.17) is 25.2 Å². The Bertz CT molecular complexity index is 409. The SMILES string of the molecule is [B]C1([B])Oc2ccc(C[C@@H](C)NCC)cc2O1. The lowest BCUT2D eigenvalue weighted by atomic mass is 9.76. The minimum atomic E-state index is -1.53. The average Bonchev–Trinajstić information content (AvgIpc) is 2.51. The molecule has 1 aromatic carbocycles. The van der Waals surface area contributed by atoms with Crippen LogP contribution in [-0.4, -0.2) is 33.9 Å². The number of ether oxygens (including phenoxy) is 2. The van der Waals surface area contributed by atoms with Gasteiger partial charge in [-0.25, -0.2) is 0 Å². The third-order valence-electron chi connectivity index (χ3n) is 2.64. The zero-order valence-corrected chi connectivity index (χ0v) is 10.2. The molecule has 1 aliphatic rings. The molecule has 0 saturated heterocycles. The first-order valence-electron chi connectivity index (χ1n) is 5.82. The molecule has 1 aliphatic heterocycles. The molecule has 0 fully saturated rings.